The highest BCUT2D eigenvalue weighted by Crippen LogP contribution is 2.24. The zero-order valence-electron chi connectivity index (χ0n) is 9.03. The molecule has 2 heterocycles. The molecule has 0 aromatic carbocycles. The minimum absolute atomic E-state index is 0.157. The second kappa shape index (κ2) is 5.15. The summed E-state index contributed by atoms with van der Waals surface area (Å²) in [4.78, 5) is 0. The van der Waals surface area contributed by atoms with Crippen molar-refractivity contribution in [3.05, 3.63) is 17.0 Å². The summed E-state index contributed by atoms with van der Waals surface area (Å²) in [5.74, 6) is 0.801. The van der Waals surface area contributed by atoms with Crippen LogP contribution in [0.2, 0.25) is 0 Å². The first-order chi connectivity index (χ1) is 8.04. The van der Waals surface area contributed by atoms with E-state index in [4.69, 9.17) is 5.11 Å². The summed E-state index contributed by atoms with van der Waals surface area (Å²) in [7, 11) is -4.36. The van der Waals surface area contributed by atoms with Crippen LogP contribution in [0.3, 0.4) is 0 Å². The molecule has 1 aliphatic heterocycles. The van der Waals surface area contributed by atoms with Gasteiger partial charge < -0.3 is 5.11 Å². The third-order valence-electron chi connectivity index (χ3n) is 2.54. The summed E-state index contributed by atoms with van der Waals surface area (Å²) in [5.41, 5.74) is 0.606. The van der Waals surface area contributed by atoms with E-state index in [9.17, 15) is 12.6 Å². The quantitative estimate of drug-likeness (QED) is 0.851. The van der Waals surface area contributed by atoms with E-state index < -0.39 is 20.8 Å². The molecule has 0 bridgehead atoms. The molecule has 0 saturated carbocycles. The van der Waals surface area contributed by atoms with Gasteiger partial charge in [-0.2, -0.15) is 4.31 Å². The first-order valence-electron chi connectivity index (χ1n) is 5.07. The van der Waals surface area contributed by atoms with Gasteiger partial charge >= 0.3 is 0 Å². The number of hydrogen-bond acceptors (Lipinski definition) is 5. The molecule has 0 unspecified atom stereocenters. The van der Waals surface area contributed by atoms with Crippen LogP contribution < -0.4 is 0 Å². The second-order valence-corrected chi connectivity index (χ2v) is 8.46. The van der Waals surface area contributed by atoms with Crippen LogP contribution in [0.4, 0.5) is 0 Å². The number of thiophene rings is 1. The Labute approximate surface area is 107 Å². The van der Waals surface area contributed by atoms with Gasteiger partial charge in [0.25, 0.3) is 10.0 Å². The predicted octanol–water partition coefficient (Wildman–Crippen LogP) is -0.00660. The smallest absolute Gasteiger partial charge is 0.252 e. The highest BCUT2D eigenvalue weighted by molar-refractivity contribution is 7.91. The van der Waals surface area contributed by atoms with Crippen LogP contribution in [0.15, 0.2) is 15.7 Å². The number of aliphatic hydroxyl groups excluding tert-OH is 1. The fourth-order valence-electron chi connectivity index (χ4n) is 1.56. The molecule has 0 atom stereocenters. The molecule has 1 aromatic heterocycles. The number of rotatable bonds is 3. The van der Waals surface area contributed by atoms with Gasteiger partial charge in [-0.15, -0.1) is 11.3 Å². The molecule has 17 heavy (non-hydrogen) atoms. The summed E-state index contributed by atoms with van der Waals surface area (Å²) in [5, 5.41) is 10.6. The van der Waals surface area contributed by atoms with Gasteiger partial charge in [0.05, 0.1) is 6.61 Å². The Morgan fingerprint density at radius 3 is 2.59 bits per heavy atom. The van der Waals surface area contributed by atoms with Crippen LogP contribution in [0.1, 0.15) is 5.56 Å². The number of sulfonamides is 1. The minimum atomic E-state index is -3.47. The van der Waals surface area contributed by atoms with E-state index in [0.29, 0.717) is 30.2 Å². The molecule has 1 aliphatic rings. The van der Waals surface area contributed by atoms with Crippen molar-refractivity contribution in [3.8, 4) is 0 Å². The predicted molar refractivity (Wildman–Crippen MR) is 66.9 cm³/mol. The number of hydrogen-bond donors (Lipinski definition) is 1. The Hall–Kier alpha value is -0.280. The van der Waals surface area contributed by atoms with Crippen LogP contribution in [-0.2, 0) is 27.4 Å². The van der Waals surface area contributed by atoms with Crippen LogP contribution in [0.25, 0.3) is 0 Å². The van der Waals surface area contributed by atoms with Crippen molar-refractivity contribution in [1.29, 1.82) is 0 Å². The van der Waals surface area contributed by atoms with Gasteiger partial charge in [0.2, 0.25) is 0 Å². The van der Waals surface area contributed by atoms with E-state index in [1.807, 2.05) is 0 Å². The lowest BCUT2D eigenvalue weighted by Gasteiger charge is -2.24. The zero-order chi connectivity index (χ0) is 12.5. The Morgan fingerprint density at radius 1 is 1.41 bits per heavy atom. The molecule has 1 N–H and O–H groups in total. The van der Waals surface area contributed by atoms with Crippen molar-refractivity contribution >= 4 is 32.2 Å². The fourth-order valence-corrected chi connectivity index (χ4v) is 5.64. The Morgan fingerprint density at radius 2 is 2.06 bits per heavy atom. The van der Waals surface area contributed by atoms with Gasteiger partial charge in [-0.05, 0) is 17.0 Å². The number of aliphatic hydroxyl groups is 1. The van der Waals surface area contributed by atoms with E-state index in [2.05, 4.69) is 0 Å². The standard InChI is InChI=1S/C9H13NO4S3/c11-6-8-5-9(15-7-8)17(13,14)10-1-3-16(12)4-2-10/h5,7,11H,1-4,6H2. The van der Waals surface area contributed by atoms with Crippen molar-refractivity contribution in [2.45, 2.75) is 10.8 Å². The summed E-state index contributed by atoms with van der Waals surface area (Å²) >= 11 is 1.11. The van der Waals surface area contributed by atoms with Crippen molar-refractivity contribution in [3.63, 3.8) is 0 Å². The van der Waals surface area contributed by atoms with Crippen molar-refractivity contribution in [2.75, 3.05) is 24.6 Å². The molecule has 1 aromatic rings. The largest absolute Gasteiger partial charge is 0.392 e. The Kier molecular flexibility index (Phi) is 3.99. The highest BCUT2D eigenvalue weighted by atomic mass is 32.2. The third-order valence-corrected chi connectivity index (χ3v) is 7.18. The van der Waals surface area contributed by atoms with Crippen molar-refractivity contribution in [1.82, 2.24) is 4.31 Å². The van der Waals surface area contributed by atoms with E-state index >= 15 is 0 Å². The zero-order valence-corrected chi connectivity index (χ0v) is 11.5. The normalized spacial score (nSPS) is 19.6. The Balaban J connectivity index is 2.21. The van der Waals surface area contributed by atoms with Gasteiger partial charge in [-0.3, -0.25) is 4.21 Å². The van der Waals surface area contributed by atoms with Crippen molar-refractivity contribution in [2.24, 2.45) is 0 Å². The molecule has 0 aliphatic carbocycles. The van der Waals surface area contributed by atoms with Gasteiger partial charge in [0.15, 0.2) is 0 Å². The summed E-state index contributed by atoms with van der Waals surface area (Å²) < 4.78 is 37.1. The maximum atomic E-state index is 12.2. The molecule has 0 amide bonds. The fraction of sp³-hybridized carbons (Fsp3) is 0.556. The average Bonchev–Trinajstić information content (AvgIpc) is 2.78. The van der Waals surface area contributed by atoms with E-state index in [1.165, 1.54) is 10.4 Å². The van der Waals surface area contributed by atoms with E-state index in [-0.39, 0.29) is 10.8 Å². The minimum Gasteiger partial charge on any atom is -0.392 e. The Bertz CT molecular complexity index is 512. The van der Waals surface area contributed by atoms with E-state index in [1.54, 1.807) is 5.38 Å². The molecule has 2 rings (SSSR count). The van der Waals surface area contributed by atoms with Gasteiger partial charge in [-0.25, -0.2) is 8.42 Å². The van der Waals surface area contributed by atoms with Crippen LogP contribution in [0, 0.1) is 0 Å². The lowest BCUT2D eigenvalue weighted by Crippen LogP contribution is -2.41. The molecule has 8 heteroatoms. The monoisotopic (exact) mass is 295 g/mol. The molecule has 96 valence electrons. The lowest BCUT2D eigenvalue weighted by molar-refractivity contribution is 0.282. The van der Waals surface area contributed by atoms with Crippen LogP contribution >= 0.6 is 11.3 Å². The van der Waals surface area contributed by atoms with Crippen LogP contribution in [0.5, 0.6) is 0 Å². The van der Waals surface area contributed by atoms with Crippen LogP contribution in [-0.4, -0.2) is 46.6 Å². The SMILES string of the molecule is O=S1CCN(S(=O)(=O)c2cc(CO)cs2)CC1. The number of nitrogens with zero attached hydrogens (tertiary/aromatic N) is 1. The molecular formula is C9H13NO4S3. The summed E-state index contributed by atoms with van der Waals surface area (Å²) in [6.07, 6.45) is 0. The average molecular weight is 295 g/mol. The third kappa shape index (κ3) is 2.76. The first-order valence-corrected chi connectivity index (χ1v) is 8.88. The summed E-state index contributed by atoms with van der Waals surface area (Å²) in [6, 6.07) is 1.49. The maximum Gasteiger partial charge on any atom is 0.252 e. The molecule has 1 fully saturated rings. The topological polar surface area (TPSA) is 74.7 Å². The summed E-state index contributed by atoms with van der Waals surface area (Å²) in [6.45, 7) is 0.457. The van der Waals surface area contributed by atoms with E-state index in [0.717, 1.165) is 11.3 Å². The second-order valence-electron chi connectivity index (χ2n) is 3.68. The molecule has 0 spiro atoms. The van der Waals surface area contributed by atoms with Gasteiger partial charge in [-0.1, -0.05) is 0 Å². The molecule has 5 nitrogen and oxygen atoms in total. The maximum absolute atomic E-state index is 12.2. The highest BCUT2D eigenvalue weighted by Gasteiger charge is 2.29. The van der Waals surface area contributed by atoms with Gasteiger partial charge in [0, 0.05) is 35.4 Å². The molecule has 0 radical (unpaired) electrons. The lowest BCUT2D eigenvalue weighted by atomic mass is 10.4. The first kappa shape index (κ1) is 13.2. The van der Waals surface area contributed by atoms with Crippen molar-refractivity contribution < 1.29 is 17.7 Å². The van der Waals surface area contributed by atoms with Gasteiger partial charge in [0.1, 0.15) is 4.21 Å². The molecule has 1 saturated heterocycles. The molecular weight excluding hydrogens is 282 g/mol.